The second-order valence-electron chi connectivity index (χ2n) is 3.10. The SMILES string of the molecule is O=C1CCc2c1ccc(Br)c2[N+](=O)[O-]. The number of fused-ring (bicyclic) bond motifs is 1. The quantitative estimate of drug-likeness (QED) is 0.572. The molecular weight excluding hydrogens is 250 g/mol. The molecule has 1 aromatic rings. The van der Waals surface area contributed by atoms with Crippen LogP contribution in [0.3, 0.4) is 0 Å². The van der Waals surface area contributed by atoms with Gasteiger partial charge in [0.15, 0.2) is 5.78 Å². The van der Waals surface area contributed by atoms with E-state index in [9.17, 15) is 14.9 Å². The molecule has 4 nitrogen and oxygen atoms in total. The molecule has 0 aromatic heterocycles. The average molecular weight is 256 g/mol. The molecule has 0 heterocycles. The minimum atomic E-state index is -0.443. The number of nitrogens with zero attached hydrogens (tertiary/aromatic N) is 1. The van der Waals surface area contributed by atoms with E-state index in [1.54, 1.807) is 12.1 Å². The van der Waals surface area contributed by atoms with Gasteiger partial charge in [0.25, 0.3) is 5.69 Å². The Morgan fingerprint density at radius 3 is 2.71 bits per heavy atom. The highest BCUT2D eigenvalue weighted by Crippen LogP contribution is 2.36. The van der Waals surface area contributed by atoms with E-state index in [0.717, 1.165) is 0 Å². The zero-order valence-corrected chi connectivity index (χ0v) is 8.70. The van der Waals surface area contributed by atoms with Crippen LogP contribution >= 0.6 is 15.9 Å². The van der Waals surface area contributed by atoms with Crippen molar-refractivity contribution < 1.29 is 9.72 Å². The van der Waals surface area contributed by atoms with Crippen molar-refractivity contribution in [3.63, 3.8) is 0 Å². The molecule has 0 spiro atoms. The average Bonchev–Trinajstić information content (AvgIpc) is 2.47. The van der Waals surface area contributed by atoms with Gasteiger partial charge in [-0.3, -0.25) is 14.9 Å². The van der Waals surface area contributed by atoms with Crippen LogP contribution in [-0.4, -0.2) is 10.7 Å². The number of hydrogen-bond acceptors (Lipinski definition) is 3. The van der Waals surface area contributed by atoms with Crippen LogP contribution in [0.5, 0.6) is 0 Å². The van der Waals surface area contributed by atoms with Gasteiger partial charge >= 0.3 is 0 Å². The largest absolute Gasteiger partial charge is 0.294 e. The Morgan fingerprint density at radius 2 is 2.07 bits per heavy atom. The highest BCUT2D eigenvalue weighted by Gasteiger charge is 2.29. The first kappa shape index (κ1) is 9.33. The number of ketones is 1. The second-order valence-corrected chi connectivity index (χ2v) is 3.96. The van der Waals surface area contributed by atoms with Gasteiger partial charge in [0, 0.05) is 17.5 Å². The summed E-state index contributed by atoms with van der Waals surface area (Å²) in [6.45, 7) is 0. The molecule has 0 saturated heterocycles. The summed E-state index contributed by atoms with van der Waals surface area (Å²) in [6.07, 6.45) is 0.858. The molecule has 72 valence electrons. The van der Waals surface area contributed by atoms with Crippen molar-refractivity contribution in [2.75, 3.05) is 0 Å². The zero-order valence-electron chi connectivity index (χ0n) is 7.12. The lowest BCUT2D eigenvalue weighted by molar-refractivity contribution is -0.386. The Kier molecular flexibility index (Phi) is 2.11. The summed E-state index contributed by atoms with van der Waals surface area (Å²) in [5.41, 5.74) is 1.10. The Bertz CT molecular complexity index is 442. The van der Waals surface area contributed by atoms with Crippen molar-refractivity contribution in [2.45, 2.75) is 12.8 Å². The second kappa shape index (κ2) is 3.16. The van der Waals surface area contributed by atoms with Crippen LogP contribution in [0.2, 0.25) is 0 Å². The maximum atomic E-state index is 11.3. The third-order valence-corrected chi connectivity index (χ3v) is 2.96. The van der Waals surface area contributed by atoms with Gasteiger partial charge in [-0.1, -0.05) is 0 Å². The number of carbonyl (C=O) groups excluding carboxylic acids is 1. The first-order valence-electron chi connectivity index (χ1n) is 4.10. The predicted molar refractivity (Wildman–Crippen MR) is 53.4 cm³/mol. The standard InChI is InChI=1S/C9H6BrNO3/c10-7-3-1-5-6(2-4-8(5)12)9(7)11(13)14/h1,3H,2,4H2. The van der Waals surface area contributed by atoms with Crippen LogP contribution in [0.25, 0.3) is 0 Å². The lowest BCUT2D eigenvalue weighted by Gasteiger charge is -2.01. The summed E-state index contributed by atoms with van der Waals surface area (Å²) in [6, 6.07) is 3.20. The third kappa shape index (κ3) is 1.24. The Labute approximate surface area is 88.2 Å². The molecule has 0 bridgehead atoms. The molecule has 1 aromatic carbocycles. The maximum Gasteiger partial charge on any atom is 0.287 e. The summed E-state index contributed by atoms with van der Waals surface area (Å²) in [5.74, 6) is -0.00407. The smallest absolute Gasteiger partial charge is 0.287 e. The molecule has 14 heavy (non-hydrogen) atoms. The van der Waals surface area contributed by atoms with Gasteiger partial charge in [0.1, 0.15) is 0 Å². The van der Waals surface area contributed by atoms with Gasteiger partial charge in [-0.2, -0.15) is 0 Å². The van der Waals surface area contributed by atoms with Crippen molar-refractivity contribution in [3.8, 4) is 0 Å². The monoisotopic (exact) mass is 255 g/mol. The summed E-state index contributed by atoms with van der Waals surface area (Å²) in [5, 5.41) is 10.8. The van der Waals surface area contributed by atoms with E-state index in [4.69, 9.17) is 0 Å². The summed E-state index contributed by atoms with van der Waals surface area (Å²) in [7, 11) is 0. The molecule has 0 radical (unpaired) electrons. The van der Waals surface area contributed by atoms with Gasteiger partial charge in [-0.25, -0.2) is 0 Å². The Morgan fingerprint density at radius 1 is 1.36 bits per heavy atom. The Balaban J connectivity index is 2.71. The highest BCUT2D eigenvalue weighted by molar-refractivity contribution is 9.10. The van der Waals surface area contributed by atoms with Gasteiger partial charge in [0.05, 0.1) is 9.40 Å². The molecule has 0 saturated carbocycles. The molecule has 1 aliphatic carbocycles. The first-order valence-corrected chi connectivity index (χ1v) is 4.89. The van der Waals surface area contributed by atoms with Crippen LogP contribution in [0.4, 0.5) is 5.69 Å². The highest BCUT2D eigenvalue weighted by atomic mass is 79.9. The van der Waals surface area contributed by atoms with Crippen molar-refractivity contribution in [1.82, 2.24) is 0 Å². The zero-order chi connectivity index (χ0) is 10.3. The van der Waals surface area contributed by atoms with E-state index < -0.39 is 4.92 Å². The topological polar surface area (TPSA) is 60.2 Å². The van der Waals surface area contributed by atoms with Gasteiger partial charge in [-0.15, -0.1) is 0 Å². The normalized spacial score (nSPS) is 14.2. The minimum absolute atomic E-state index is 0.00407. The van der Waals surface area contributed by atoms with E-state index >= 15 is 0 Å². The van der Waals surface area contributed by atoms with E-state index in [0.29, 0.717) is 28.4 Å². The number of hydrogen-bond donors (Lipinski definition) is 0. The van der Waals surface area contributed by atoms with Crippen LogP contribution in [0, 0.1) is 10.1 Å². The van der Waals surface area contributed by atoms with E-state index in [2.05, 4.69) is 15.9 Å². The summed E-state index contributed by atoms with van der Waals surface area (Å²) < 4.78 is 0.441. The van der Waals surface area contributed by atoms with Crippen LogP contribution in [-0.2, 0) is 6.42 Å². The number of halogens is 1. The van der Waals surface area contributed by atoms with Crippen molar-refractivity contribution in [3.05, 3.63) is 37.8 Å². The lowest BCUT2D eigenvalue weighted by atomic mass is 10.1. The van der Waals surface area contributed by atoms with Crippen molar-refractivity contribution >= 4 is 27.4 Å². The molecule has 2 rings (SSSR count). The molecule has 0 amide bonds. The number of carbonyl (C=O) groups is 1. The maximum absolute atomic E-state index is 11.3. The molecule has 5 heteroatoms. The van der Waals surface area contributed by atoms with Gasteiger partial charge in [-0.05, 0) is 34.5 Å². The summed E-state index contributed by atoms with van der Waals surface area (Å²) in [4.78, 5) is 21.6. The van der Waals surface area contributed by atoms with Crippen LogP contribution in [0.1, 0.15) is 22.3 Å². The van der Waals surface area contributed by atoms with Crippen LogP contribution < -0.4 is 0 Å². The van der Waals surface area contributed by atoms with Crippen LogP contribution in [0.15, 0.2) is 16.6 Å². The molecule has 0 fully saturated rings. The van der Waals surface area contributed by atoms with Crippen molar-refractivity contribution in [1.29, 1.82) is 0 Å². The molecule has 0 atom stereocenters. The predicted octanol–water partition coefficient (Wildman–Crippen LogP) is 2.49. The van der Waals surface area contributed by atoms with E-state index in [1.165, 1.54) is 0 Å². The van der Waals surface area contributed by atoms with Gasteiger partial charge in [0.2, 0.25) is 0 Å². The number of benzene rings is 1. The van der Waals surface area contributed by atoms with E-state index in [-0.39, 0.29) is 11.5 Å². The van der Waals surface area contributed by atoms with Gasteiger partial charge < -0.3 is 0 Å². The fourth-order valence-electron chi connectivity index (χ4n) is 1.69. The number of rotatable bonds is 1. The molecular formula is C9H6BrNO3. The van der Waals surface area contributed by atoms with E-state index in [1.807, 2.05) is 0 Å². The minimum Gasteiger partial charge on any atom is -0.294 e. The molecule has 0 aliphatic heterocycles. The fraction of sp³-hybridized carbons (Fsp3) is 0.222. The van der Waals surface area contributed by atoms with Crippen molar-refractivity contribution in [2.24, 2.45) is 0 Å². The lowest BCUT2D eigenvalue weighted by Crippen LogP contribution is -1.97. The third-order valence-electron chi connectivity index (χ3n) is 2.32. The number of nitro groups is 1. The molecule has 0 unspecified atom stereocenters. The Hall–Kier alpha value is -1.23. The number of Topliss-reactive ketones (excluding diaryl/α,β-unsaturated/α-hetero) is 1. The molecule has 1 aliphatic rings. The number of nitro benzene ring substituents is 1. The molecule has 0 N–H and O–H groups in total. The fourth-order valence-corrected chi connectivity index (χ4v) is 2.21. The first-order chi connectivity index (χ1) is 6.61. The summed E-state index contributed by atoms with van der Waals surface area (Å²) >= 11 is 3.12.